The molecule has 9 heteroatoms. The van der Waals surface area contributed by atoms with Crippen LogP contribution in [0.4, 0.5) is 5.13 Å². The average Bonchev–Trinajstić information content (AvgIpc) is 3.59. The Labute approximate surface area is 198 Å². The summed E-state index contributed by atoms with van der Waals surface area (Å²) in [5.41, 5.74) is 1.11. The van der Waals surface area contributed by atoms with Crippen LogP contribution in [0.25, 0.3) is 21.2 Å². The third-order valence-electron chi connectivity index (χ3n) is 5.46. The van der Waals surface area contributed by atoms with Crippen LogP contribution in [0, 0.1) is 0 Å². The van der Waals surface area contributed by atoms with Crippen molar-refractivity contribution in [1.29, 1.82) is 0 Å². The Hall–Kier alpha value is -3.69. The van der Waals surface area contributed by atoms with Gasteiger partial charge in [-0.05, 0) is 48.5 Å². The first-order valence-corrected chi connectivity index (χ1v) is 11.5. The lowest BCUT2D eigenvalue weighted by molar-refractivity contribution is -0.117. The first kappa shape index (κ1) is 20.0. The number of anilines is 1. The molecule has 33 heavy (non-hydrogen) atoms. The van der Waals surface area contributed by atoms with Gasteiger partial charge in [0.1, 0.15) is 17.4 Å². The highest BCUT2D eigenvalue weighted by Gasteiger charge is 2.48. The summed E-state index contributed by atoms with van der Waals surface area (Å²) in [6, 6.07) is 16.7. The second-order valence-electron chi connectivity index (χ2n) is 7.44. The van der Waals surface area contributed by atoms with Gasteiger partial charge in [-0.25, -0.2) is 4.98 Å². The van der Waals surface area contributed by atoms with E-state index in [4.69, 9.17) is 8.83 Å². The number of nitrogens with zero attached hydrogens (tertiary/aromatic N) is 2. The molecule has 3 aromatic heterocycles. The molecule has 0 fully saturated rings. The molecule has 1 atom stereocenters. The normalized spacial score (nSPS) is 16.5. The molecule has 0 bridgehead atoms. The van der Waals surface area contributed by atoms with Gasteiger partial charge in [0.25, 0.3) is 5.91 Å². The van der Waals surface area contributed by atoms with Crippen LogP contribution in [0.5, 0.6) is 0 Å². The molecule has 162 valence electrons. The van der Waals surface area contributed by atoms with Crippen LogP contribution in [0.3, 0.4) is 0 Å². The van der Waals surface area contributed by atoms with E-state index in [0.717, 1.165) is 14.6 Å². The minimum absolute atomic E-state index is 0.0140. The largest absolute Gasteiger partial charge is 0.503 e. The number of carbonyl (C=O) groups is 2. The van der Waals surface area contributed by atoms with Crippen LogP contribution >= 0.6 is 27.3 Å². The molecule has 0 radical (unpaired) electrons. The number of hydrogen-bond donors (Lipinski definition) is 1. The number of hydrogen-bond acceptors (Lipinski definition) is 7. The van der Waals surface area contributed by atoms with Crippen molar-refractivity contribution < 1.29 is 23.5 Å². The van der Waals surface area contributed by atoms with Crippen molar-refractivity contribution in [3.63, 3.8) is 0 Å². The van der Waals surface area contributed by atoms with E-state index in [2.05, 4.69) is 20.9 Å². The number of Topliss-reactive ketones (excluding diaryl/α,β-unsaturated/α-hetero) is 1. The Morgan fingerprint density at radius 1 is 1.12 bits per heavy atom. The van der Waals surface area contributed by atoms with Crippen LogP contribution in [-0.2, 0) is 4.79 Å². The number of rotatable bonds is 4. The van der Waals surface area contributed by atoms with Gasteiger partial charge in [-0.3, -0.25) is 14.5 Å². The van der Waals surface area contributed by atoms with Gasteiger partial charge in [-0.1, -0.05) is 39.4 Å². The van der Waals surface area contributed by atoms with Gasteiger partial charge in [-0.15, -0.1) is 0 Å². The Morgan fingerprint density at radius 3 is 2.76 bits per heavy atom. The zero-order valence-electron chi connectivity index (χ0n) is 16.7. The number of para-hydroxylation sites is 1. The summed E-state index contributed by atoms with van der Waals surface area (Å²) in [7, 11) is 0. The molecule has 0 saturated carbocycles. The number of halogens is 1. The molecule has 6 rings (SSSR count). The Balaban J connectivity index is 1.49. The third-order valence-corrected chi connectivity index (χ3v) is 6.99. The topological polar surface area (TPSA) is 96.8 Å². The Kier molecular flexibility index (Phi) is 4.49. The predicted molar refractivity (Wildman–Crippen MR) is 126 cm³/mol. The summed E-state index contributed by atoms with van der Waals surface area (Å²) < 4.78 is 13.0. The van der Waals surface area contributed by atoms with Gasteiger partial charge in [0.05, 0.1) is 22.1 Å². The summed E-state index contributed by atoms with van der Waals surface area (Å²) in [6.45, 7) is 0. The summed E-state index contributed by atoms with van der Waals surface area (Å²) in [4.78, 5) is 32.6. The highest BCUT2D eigenvalue weighted by Crippen LogP contribution is 2.44. The number of ketones is 1. The summed E-state index contributed by atoms with van der Waals surface area (Å²) in [5, 5.41) is 11.9. The van der Waals surface area contributed by atoms with E-state index >= 15 is 0 Å². The smallest absolute Gasteiger partial charge is 0.296 e. The minimum Gasteiger partial charge on any atom is -0.503 e. The monoisotopic (exact) mass is 520 g/mol. The van der Waals surface area contributed by atoms with E-state index in [0.29, 0.717) is 22.0 Å². The first-order valence-electron chi connectivity index (χ1n) is 9.91. The molecule has 1 amide bonds. The van der Waals surface area contributed by atoms with E-state index in [1.54, 1.807) is 30.3 Å². The number of fused-ring (bicyclic) bond motifs is 2. The summed E-state index contributed by atoms with van der Waals surface area (Å²) in [5.74, 6) is -1.63. The lowest BCUT2D eigenvalue weighted by Gasteiger charge is -2.21. The molecule has 7 nitrogen and oxygen atoms in total. The second-order valence-corrected chi connectivity index (χ2v) is 9.37. The molecule has 0 spiro atoms. The van der Waals surface area contributed by atoms with Crippen molar-refractivity contribution in [2.24, 2.45) is 0 Å². The number of amides is 1. The van der Waals surface area contributed by atoms with E-state index < -0.39 is 23.5 Å². The zero-order valence-corrected chi connectivity index (χ0v) is 19.1. The maximum Gasteiger partial charge on any atom is 0.296 e. The minimum atomic E-state index is -0.986. The Bertz CT molecular complexity index is 1560. The van der Waals surface area contributed by atoms with Crippen LogP contribution < -0.4 is 4.90 Å². The fraction of sp³-hybridized carbons (Fsp3) is 0.0417. The third kappa shape index (κ3) is 3.12. The number of carbonyl (C=O) groups excluding carboxylic acids is 2. The molecule has 1 unspecified atom stereocenters. The standard InChI is InChI=1S/C24H13BrN2O5S/c25-13-7-8-15-12(10-13)11-17(32-15)21(28)19-20(16-5-3-9-31-16)27(23(30)22(19)29)24-26-14-4-1-2-6-18(14)33-24/h1-11,20,29H. The maximum atomic E-state index is 13.6. The number of aliphatic hydroxyl groups is 1. The van der Waals surface area contributed by atoms with Crippen molar-refractivity contribution in [3.8, 4) is 0 Å². The van der Waals surface area contributed by atoms with Crippen LogP contribution in [0.2, 0.25) is 0 Å². The summed E-state index contributed by atoms with van der Waals surface area (Å²) >= 11 is 4.69. The highest BCUT2D eigenvalue weighted by atomic mass is 79.9. The molecular formula is C24H13BrN2O5S. The second kappa shape index (κ2) is 7.43. The predicted octanol–water partition coefficient (Wildman–Crippen LogP) is 6.18. The van der Waals surface area contributed by atoms with Crippen LogP contribution in [0.1, 0.15) is 22.4 Å². The number of furan rings is 2. The first-order chi connectivity index (χ1) is 16.0. The van der Waals surface area contributed by atoms with Gasteiger partial charge in [0.15, 0.2) is 16.7 Å². The van der Waals surface area contributed by atoms with E-state index in [1.165, 1.54) is 22.5 Å². The van der Waals surface area contributed by atoms with Crippen molar-refractivity contribution in [3.05, 3.63) is 94.3 Å². The fourth-order valence-corrected chi connectivity index (χ4v) is 5.34. The molecule has 5 aromatic rings. The molecule has 1 aliphatic heterocycles. The molecular weight excluding hydrogens is 508 g/mol. The quantitative estimate of drug-likeness (QED) is 0.284. The van der Waals surface area contributed by atoms with Gasteiger partial charge < -0.3 is 13.9 Å². The van der Waals surface area contributed by atoms with Gasteiger partial charge in [-0.2, -0.15) is 0 Å². The van der Waals surface area contributed by atoms with Crippen molar-refractivity contribution in [2.75, 3.05) is 4.90 Å². The Morgan fingerprint density at radius 2 is 1.97 bits per heavy atom. The SMILES string of the molecule is O=C(C1=C(O)C(=O)N(c2nc3ccccc3s2)C1c1ccco1)c1cc2cc(Br)ccc2o1. The number of aromatic nitrogens is 1. The molecule has 0 saturated heterocycles. The maximum absolute atomic E-state index is 13.6. The van der Waals surface area contributed by atoms with Gasteiger partial charge >= 0.3 is 0 Å². The lowest BCUT2D eigenvalue weighted by Crippen LogP contribution is -2.30. The summed E-state index contributed by atoms with van der Waals surface area (Å²) in [6.07, 6.45) is 1.45. The van der Waals surface area contributed by atoms with Crippen LogP contribution in [-0.4, -0.2) is 21.8 Å². The molecule has 2 aromatic carbocycles. The number of aliphatic hydroxyl groups excluding tert-OH is 1. The van der Waals surface area contributed by atoms with Crippen molar-refractivity contribution in [2.45, 2.75) is 6.04 Å². The number of benzene rings is 2. The van der Waals surface area contributed by atoms with E-state index in [1.807, 2.05) is 30.3 Å². The van der Waals surface area contributed by atoms with Crippen molar-refractivity contribution in [1.82, 2.24) is 4.98 Å². The van der Waals surface area contributed by atoms with Gasteiger partial charge in [0.2, 0.25) is 5.78 Å². The highest BCUT2D eigenvalue weighted by molar-refractivity contribution is 9.10. The van der Waals surface area contributed by atoms with Crippen LogP contribution in [0.15, 0.2) is 91.6 Å². The lowest BCUT2D eigenvalue weighted by atomic mass is 10.00. The molecule has 1 N–H and O–H groups in total. The average molecular weight is 521 g/mol. The van der Waals surface area contributed by atoms with E-state index in [-0.39, 0.29) is 11.3 Å². The van der Waals surface area contributed by atoms with Crippen molar-refractivity contribution >= 4 is 65.3 Å². The fourth-order valence-electron chi connectivity index (χ4n) is 3.97. The molecule has 4 heterocycles. The molecule has 1 aliphatic rings. The number of thiazole rings is 1. The van der Waals surface area contributed by atoms with Gasteiger partial charge in [0, 0.05) is 9.86 Å². The van der Waals surface area contributed by atoms with E-state index in [9.17, 15) is 14.7 Å². The zero-order chi connectivity index (χ0) is 22.7. The molecule has 0 aliphatic carbocycles.